The highest BCUT2D eigenvalue weighted by Crippen LogP contribution is 2.63. The minimum absolute atomic E-state index is 0.0119. The normalized spacial score (nSPS) is 38.3. The molecule has 0 saturated carbocycles. The number of anilines is 6. The number of fused-ring (bicyclic) bond motifs is 13. The van der Waals surface area contributed by atoms with Crippen molar-refractivity contribution in [2.45, 2.75) is 147 Å². The van der Waals surface area contributed by atoms with Crippen molar-refractivity contribution in [3.05, 3.63) is 93.9 Å². The van der Waals surface area contributed by atoms with Crippen molar-refractivity contribution >= 4 is 181 Å². The van der Waals surface area contributed by atoms with Gasteiger partial charge in [-0.25, -0.2) is 77.3 Å². The number of aromatic amines is 3. The fourth-order valence-corrected chi connectivity index (χ4v) is 24.5. The quantitative estimate of drug-likeness (QED) is 0.0866. The molecule has 0 aliphatic carbocycles. The number of nitrogens with zero attached hydrogens (tertiary/aromatic N) is 20. The monoisotopic (exact) mass is 2070 g/mol. The first-order chi connectivity index (χ1) is 64.2. The fraction of sp³-hybridized carbons (Fsp3) is 0.508. The van der Waals surface area contributed by atoms with Gasteiger partial charge < -0.3 is 124 Å². The zero-order chi connectivity index (χ0) is 94.4. The number of hydrogen-bond acceptors (Lipinski definition) is 49. The molecular formula is C63H71F2N29O32P6S3. The summed E-state index contributed by atoms with van der Waals surface area (Å²) in [4.78, 5) is 167. The number of imidazole rings is 5. The van der Waals surface area contributed by atoms with E-state index >= 15 is 8.78 Å². The number of nitrogen functional groups attached to an aromatic ring is 6. The van der Waals surface area contributed by atoms with Crippen molar-refractivity contribution in [3.63, 3.8) is 0 Å². The van der Waals surface area contributed by atoms with Crippen LogP contribution >= 0.6 is 43.6 Å². The molecule has 11 fully saturated rings. The molecule has 12 aromatic heterocycles. The Bertz CT molecular complexity index is 6970. The maximum atomic E-state index is 15.9. The van der Waals surface area contributed by atoms with Gasteiger partial charge in [0, 0.05) is 19.0 Å². The van der Waals surface area contributed by atoms with Crippen LogP contribution in [0.25, 0.3) is 66.9 Å². The Kier molecular flexibility index (Phi) is 23.4. The number of nitrogens with two attached hydrogens (primary N) is 6. The lowest BCUT2D eigenvalue weighted by atomic mass is 10.0. The maximum absolute atomic E-state index is 15.9. The van der Waals surface area contributed by atoms with E-state index < -0.39 is 221 Å². The molecule has 722 valence electrons. The third-order valence-electron chi connectivity index (χ3n) is 23.3. The van der Waals surface area contributed by atoms with E-state index in [0.29, 0.717) is 11.0 Å². The highest BCUT2D eigenvalue weighted by atomic mass is 32.5. The molecule has 135 heavy (non-hydrogen) atoms. The Labute approximate surface area is 761 Å². The summed E-state index contributed by atoms with van der Waals surface area (Å²) in [5.41, 5.74) is 30.8. The summed E-state index contributed by atoms with van der Waals surface area (Å²) in [6, 6.07) is 1.72. The van der Waals surface area contributed by atoms with Crippen molar-refractivity contribution in [2.75, 3.05) is 87.3 Å². The van der Waals surface area contributed by atoms with Crippen molar-refractivity contribution < 1.29 is 144 Å². The maximum Gasteiger partial charge on any atom is 0.472 e. The molecule has 0 radical (unpaired) electrons. The number of alkyl halides is 2. The molecule has 21 N–H and O–H groups in total. The van der Waals surface area contributed by atoms with Gasteiger partial charge in [-0.2, -0.15) is 15.0 Å². The summed E-state index contributed by atoms with van der Waals surface area (Å²) in [7, 11) is -14.6. The summed E-state index contributed by atoms with van der Waals surface area (Å²) >= 11 is 15.8. The summed E-state index contributed by atoms with van der Waals surface area (Å²) in [6.45, 7) is -16.7. The Morgan fingerprint density at radius 2 is 0.800 bits per heavy atom. The molecule has 61 nitrogen and oxygen atoms in total. The highest BCUT2D eigenvalue weighted by Gasteiger charge is 2.68. The van der Waals surface area contributed by atoms with Gasteiger partial charge in [0.25, 0.3) is 16.7 Å². The number of phosphoric ester groups is 3. The molecule has 23 heterocycles. The van der Waals surface area contributed by atoms with Crippen molar-refractivity contribution in [3.8, 4) is 0 Å². The summed E-state index contributed by atoms with van der Waals surface area (Å²) < 4.78 is 195. The van der Waals surface area contributed by atoms with Crippen LogP contribution in [-0.4, -0.2) is 291 Å². The molecule has 23 rings (SSSR count). The van der Waals surface area contributed by atoms with Crippen LogP contribution < -0.4 is 51.1 Å². The van der Waals surface area contributed by atoms with E-state index in [9.17, 15) is 57.4 Å². The third-order valence-corrected chi connectivity index (χ3v) is 30.9. The second kappa shape index (κ2) is 34.2. The Balaban J connectivity index is 0.000000121. The minimum Gasteiger partial charge on any atom is -0.383 e. The van der Waals surface area contributed by atoms with Crippen molar-refractivity contribution in [1.82, 2.24) is 112 Å². The van der Waals surface area contributed by atoms with E-state index in [2.05, 4.69) is 84.7 Å². The molecule has 0 amide bonds. The fourth-order valence-electron chi connectivity index (χ4n) is 17.3. The second-order valence-corrected chi connectivity index (χ2v) is 44.3. The zero-order valence-corrected chi connectivity index (χ0v) is 75.6. The molecular weight excluding hydrogens is 1990 g/mol. The van der Waals surface area contributed by atoms with E-state index in [1.165, 1.54) is 51.7 Å². The highest BCUT2D eigenvalue weighted by molar-refractivity contribution is 8.07. The third kappa shape index (κ3) is 17.1. The van der Waals surface area contributed by atoms with E-state index in [1.54, 1.807) is 16.8 Å². The number of phosphoric acid groups is 3. The Morgan fingerprint density at radius 3 is 1.27 bits per heavy atom. The van der Waals surface area contributed by atoms with Crippen LogP contribution in [0, 0.1) is 0 Å². The van der Waals surface area contributed by atoms with E-state index in [0.717, 1.165) is 21.8 Å². The van der Waals surface area contributed by atoms with Gasteiger partial charge in [-0.1, -0.05) is 0 Å². The molecule has 12 aromatic rings. The molecule has 11 aliphatic rings. The Hall–Kier alpha value is -8.97. The van der Waals surface area contributed by atoms with Crippen LogP contribution in [0.1, 0.15) is 50.2 Å². The van der Waals surface area contributed by atoms with E-state index in [4.69, 9.17) is 162 Å². The van der Waals surface area contributed by atoms with Gasteiger partial charge in [0.05, 0.1) is 96.0 Å². The average molecular weight is 2070 g/mol. The van der Waals surface area contributed by atoms with Gasteiger partial charge in [0.1, 0.15) is 126 Å². The average Bonchev–Trinajstić information content (AvgIpc) is 1.56. The smallest absolute Gasteiger partial charge is 0.383 e. The Morgan fingerprint density at radius 1 is 0.393 bits per heavy atom. The standard InChI is InChI=1S/2C21H23FN10O11P2S.C21H25N9O10P2S/c2*22-8-7-1-38-44(34,35)43-13-12-19(31-5-27-9-14(23)25-4-26-15(9)31)41-21(13,2-37-12)3-39-45(36,46)42-11(8)18(40-7)32-6-28-10-16(32)29-20(24)30-17(10)33;22-16-10-1-2-29(17(10)25-7-24-16)14-4-11-13(38-14)6-36-42(34,43)40-12-3-9(5-35-41(32,33)39-11)37-20(12)30-8-26-15-18(30)27-21(23)28-19(15)31/h2*4-8,11-13,18-19H,1-3H2,(H,34,35)(H,36,46)(H2,23,25,26)(H3,24,29,30,33);1-2,7-9,11-14,20H,3-6H2,(H,32,33)(H,34,43)(H2,22,24,25)(H3,23,27,28,31)/t2*7-,8+,11-,12-,13+,18-,19-,21-,45?;9-,11-,12+,13+,14+,20+,42?/m110/s1. The molecule has 0 spiro atoms. The largest absolute Gasteiger partial charge is 0.472 e. The number of halogens is 2. The molecule has 11 saturated heterocycles. The molecule has 11 aliphatic heterocycles. The number of hydrogen-bond donors (Lipinski definition) is 15. The van der Waals surface area contributed by atoms with Crippen LogP contribution in [0.15, 0.2) is 77.3 Å². The lowest BCUT2D eigenvalue weighted by Gasteiger charge is -2.33. The lowest BCUT2D eigenvalue weighted by Crippen LogP contribution is -2.45. The van der Waals surface area contributed by atoms with Crippen LogP contribution in [0.2, 0.25) is 0 Å². The first-order valence-corrected chi connectivity index (χ1v) is 51.9. The first-order valence-electron chi connectivity index (χ1n) is 39.7. The van der Waals surface area contributed by atoms with Gasteiger partial charge in [-0.05, 0) is 41.5 Å². The molecule has 28 atom stereocenters. The number of aromatic nitrogens is 23. The zero-order valence-electron chi connectivity index (χ0n) is 67.8. The number of H-pyrrole nitrogens is 3. The molecule has 10 bridgehead atoms. The minimum atomic E-state index is -4.99. The topological polar surface area (TPSA) is 822 Å². The van der Waals surface area contributed by atoms with Gasteiger partial charge in [-0.15, -0.1) is 0 Å². The molecule has 72 heteroatoms. The van der Waals surface area contributed by atoms with Crippen molar-refractivity contribution in [1.29, 1.82) is 0 Å². The van der Waals surface area contributed by atoms with Gasteiger partial charge in [-0.3, -0.25) is 88.4 Å². The van der Waals surface area contributed by atoms with Gasteiger partial charge >= 0.3 is 43.6 Å². The first kappa shape index (κ1) is 92.4. The molecule has 6 unspecified atom stereocenters. The second-order valence-electron chi connectivity index (χ2n) is 31.7. The van der Waals surface area contributed by atoms with Crippen LogP contribution in [0.3, 0.4) is 0 Å². The summed E-state index contributed by atoms with van der Waals surface area (Å²) in [5, 5.41) is 0.596. The van der Waals surface area contributed by atoms with Gasteiger partial charge in [0.2, 0.25) is 17.8 Å². The van der Waals surface area contributed by atoms with Gasteiger partial charge in [0.15, 0.2) is 99.9 Å². The summed E-state index contributed by atoms with van der Waals surface area (Å²) in [6.07, 6.45) is -14.2. The lowest BCUT2D eigenvalue weighted by molar-refractivity contribution is -0.183. The van der Waals surface area contributed by atoms with Crippen LogP contribution in [-0.2, 0) is 141 Å². The number of rotatable bonds is 6. The number of nitrogens with one attached hydrogen (secondary N) is 3. The SMILES string of the molecule is Nc1nc2c(ncn2[C@@H]2O[C@@H]3COP(=O)(O)O[C@H]4C[C@H](n5ccc6c(N)ncnc65)O[C@@H]4COP(O)(=S)O[C@@H]2C3)c(=O)[nH]1.Nc1nc2c(ncn2[C@@H]2O[C@@H]3COP(=O)(O)O[C@H]4[C@H]5OC[C@]4(COP(O)(=S)O[C@@H]2[C@H]3F)O[C@H]5n2cnc3c(N)ncnc32)c(=O)[nH]1.Nc1nc2c(ncn2[C@@H]2O[C@@H]3COP(=O)(O)O[C@H]4[C@H]5OC[C@]4(COP(O)(=S)O[C@@H]2[C@H]3F)O[C@H]5n2cnc3c(N)ncnc32)c(=O)[nH]1. The van der Waals surface area contributed by atoms with E-state index in [1.807, 2.05) is 0 Å². The summed E-state index contributed by atoms with van der Waals surface area (Å²) in [5.74, 6) is -0.184. The van der Waals surface area contributed by atoms with Crippen molar-refractivity contribution in [2.24, 2.45) is 0 Å². The molecule has 0 aromatic carbocycles. The van der Waals surface area contributed by atoms with E-state index in [-0.39, 0.29) is 130 Å². The number of ether oxygens (including phenoxy) is 8. The predicted octanol–water partition coefficient (Wildman–Crippen LogP) is -1.24. The van der Waals surface area contributed by atoms with Crippen LogP contribution in [0.5, 0.6) is 0 Å². The predicted molar refractivity (Wildman–Crippen MR) is 453 cm³/mol. The van der Waals surface area contributed by atoms with Crippen LogP contribution in [0.4, 0.5) is 44.1 Å².